The molecule has 3 aromatic rings. The summed E-state index contributed by atoms with van der Waals surface area (Å²) in [6.45, 7) is 5.46. The van der Waals surface area contributed by atoms with E-state index in [4.69, 9.17) is 4.74 Å². The molecule has 1 aromatic carbocycles. The maximum Gasteiger partial charge on any atom is 0.410 e. The second kappa shape index (κ2) is 9.60. The van der Waals surface area contributed by atoms with Crippen molar-refractivity contribution < 1.29 is 19.0 Å². The van der Waals surface area contributed by atoms with Gasteiger partial charge in [-0.15, -0.1) is 10.2 Å². The van der Waals surface area contributed by atoms with Gasteiger partial charge in [-0.2, -0.15) is 15.0 Å². The fraction of sp³-hybridized carbons (Fsp3) is 0.500. The third kappa shape index (κ3) is 4.94. The largest absolute Gasteiger partial charge is 0.507 e. The minimum atomic E-state index is -1.25. The molecule has 4 heterocycles. The van der Waals surface area contributed by atoms with Gasteiger partial charge in [0.05, 0.1) is 35.9 Å². The van der Waals surface area contributed by atoms with Gasteiger partial charge < -0.3 is 14.7 Å². The molecule has 10 nitrogen and oxygen atoms in total. The van der Waals surface area contributed by atoms with Crippen molar-refractivity contribution in [1.29, 1.82) is 0 Å². The lowest BCUT2D eigenvalue weighted by molar-refractivity contribution is -0.0467. The third-order valence-electron chi connectivity index (χ3n) is 7.06. The van der Waals surface area contributed by atoms with Crippen LogP contribution in [0.25, 0.3) is 16.9 Å². The number of fused-ring (bicyclic) bond motifs is 2. The zero-order valence-corrected chi connectivity index (χ0v) is 21.5. The number of aromatic hydroxyl groups is 1. The quantitative estimate of drug-likeness (QED) is 0.559. The van der Waals surface area contributed by atoms with E-state index in [0.717, 1.165) is 12.8 Å². The highest BCUT2D eigenvalue weighted by molar-refractivity contribution is 5.70. The molecule has 11 heteroatoms. The number of halogens is 1. The van der Waals surface area contributed by atoms with Gasteiger partial charge in [-0.25, -0.2) is 9.18 Å². The van der Waals surface area contributed by atoms with Gasteiger partial charge in [0.2, 0.25) is 0 Å². The van der Waals surface area contributed by atoms with E-state index in [0.29, 0.717) is 35.6 Å². The average Bonchev–Trinajstić information content (AvgIpc) is 3.40. The van der Waals surface area contributed by atoms with Crippen LogP contribution in [0.4, 0.5) is 15.0 Å². The number of phenols is 1. The van der Waals surface area contributed by atoms with Gasteiger partial charge in [0.1, 0.15) is 17.5 Å². The molecule has 0 radical (unpaired) electrons. The Morgan fingerprint density at radius 3 is 2.54 bits per heavy atom. The van der Waals surface area contributed by atoms with Crippen molar-refractivity contribution in [2.45, 2.75) is 76.4 Å². The summed E-state index contributed by atoms with van der Waals surface area (Å²) in [5.41, 5.74) is 0.990. The van der Waals surface area contributed by atoms with Crippen molar-refractivity contribution in [3.63, 3.8) is 0 Å². The molecule has 2 aromatic heterocycles. The van der Waals surface area contributed by atoms with Crippen LogP contribution in [0.5, 0.6) is 5.75 Å². The van der Waals surface area contributed by atoms with Crippen LogP contribution in [0.3, 0.4) is 0 Å². The first-order chi connectivity index (χ1) is 17.6. The van der Waals surface area contributed by atoms with E-state index in [1.54, 1.807) is 47.6 Å². The minimum Gasteiger partial charge on any atom is -0.507 e. The summed E-state index contributed by atoms with van der Waals surface area (Å²) < 4.78 is 21.5. The van der Waals surface area contributed by atoms with Gasteiger partial charge >= 0.3 is 6.09 Å². The predicted molar refractivity (Wildman–Crippen MR) is 135 cm³/mol. The van der Waals surface area contributed by atoms with Crippen LogP contribution in [0.2, 0.25) is 0 Å². The molecule has 2 saturated heterocycles. The zero-order valence-electron chi connectivity index (χ0n) is 21.5. The number of amides is 1. The second-order valence-electron chi connectivity index (χ2n) is 10.7. The Balaban J connectivity index is 1.32. The number of nitrogens with zero attached hydrogens (tertiary/aromatic N) is 7. The van der Waals surface area contributed by atoms with Crippen molar-refractivity contribution in [2.24, 2.45) is 0 Å². The highest BCUT2D eigenvalue weighted by Gasteiger charge is 2.50. The van der Waals surface area contributed by atoms with Gasteiger partial charge in [0.25, 0.3) is 0 Å². The number of benzene rings is 1. The second-order valence-corrected chi connectivity index (χ2v) is 10.7. The molecule has 4 atom stereocenters. The normalized spacial score (nSPS) is 23.5. The molecule has 0 saturated carbocycles. The van der Waals surface area contributed by atoms with E-state index in [1.807, 2.05) is 32.7 Å². The number of ether oxygens (including phenoxy) is 1. The molecule has 196 valence electrons. The molecule has 1 amide bonds. The molecule has 0 aliphatic carbocycles. The van der Waals surface area contributed by atoms with E-state index < -0.39 is 29.9 Å². The Labute approximate surface area is 215 Å². The van der Waals surface area contributed by atoms with E-state index in [9.17, 15) is 9.90 Å². The van der Waals surface area contributed by atoms with Crippen LogP contribution in [0.15, 0.2) is 42.7 Å². The number of carbonyl (C=O) groups is 1. The zero-order chi connectivity index (χ0) is 26.3. The molecule has 2 aliphatic rings. The summed E-state index contributed by atoms with van der Waals surface area (Å²) in [6, 6.07) is 7.54. The summed E-state index contributed by atoms with van der Waals surface area (Å²) >= 11 is 0. The van der Waals surface area contributed by atoms with Crippen LogP contribution in [-0.2, 0) is 4.74 Å². The lowest BCUT2D eigenvalue weighted by Crippen LogP contribution is -2.65. The molecule has 0 unspecified atom stereocenters. The number of piperidine rings is 2. The summed E-state index contributed by atoms with van der Waals surface area (Å²) in [7, 11) is 1.81. The Kier molecular flexibility index (Phi) is 6.47. The lowest BCUT2D eigenvalue weighted by atomic mass is 9.80. The number of phenolic OH excluding ortho intramolecular Hbond substituents is 1. The topological polar surface area (TPSA) is 110 Å². The summed E-state index contributed by atoms with van der Waals surface area (Å²) in [5.74, 6) is 0.549. The van der Waals surface area contributed by atoms with Crippen LogP contribution >= 0.6 is 0 Å². The summed E-state index contributed by atoms with van der Waals surface area (Å²) in [5, 5.41) is 27.3. The Morgan fingerprint density at radius 2 is 1.89 bits per heavy atom. The number of carbonyl (C=O) groups excluding carboxylic acids is 1. The summed E-state index contributed by atoms with van der Waals surface area (Å²) in [6.07, 6.45) is 4.23. The number of alkyl halides is 1. The molecular weight excluding hydrogens is 477 g/mol. The molecule has 1 N–H and O–H groups in total. The molecule has 0 spiro atoms. The predicted octanol–water partition coefficient (Wildman–Crippen LogP) is 4.13. The van der Waals surface area contributed by atoms with Crippen molar-refractivity contribution in [3.05, 3.63) is 42.7 Å². The van der Waals surface area contributed by atoms with E-state index in [1.165, 1.54) is 4.80 Å². The number of hydrogen-bond donors (Lipinski definition) is 1. The number of aromatic nitrogens is 5. The van der Waals surface area contributed by atoms with Crippen molar-refractivity contribution in [3.8, 4) is 22.7 Å². The maximum atomic E-state index is 15.9. The van der Waals surface area contributed by atoms with E-state index in [-0.39, 0.29) is 11.8 Å². The van der Waals surface area contributed by atoms with Crippen LogP contribution in [0, 0.1) is 0 Å². The maximum absolute atomic E-state index is 15.9. The first kappa shape index (κ1) is 24.9. The number of rotatable bonds is 4. The van der Waals surface area contributed by atoms with Crippen LogP contribution in [-0.4, -0.2) is 78.2 Å². The first-order valence-corrected chi connectivity index (χ1v) is 12.5. The van der Waals surface area contributed by atoms with Gasteiger partial charge in [-0.05, 0) is 70.7 Å². The highest BCUT2D eigenvalue weighted by atomic mass is 19.1. The monoisotopic (exact) mass is 509 g/mol. The van der Waals surface area contributed by atoms with Crippen molar-refractivity contribution >= 4 is 11.9 Å². The van der Waals surface area contributed by atoms with E-state index >= 15 is 4.39 Å². The SMILES string of the molecule is CN(c1ccc(-c2ccc(-n3nccn3)cc2O)nn1)[C@H]1C[C@@H]2CCC[C@H]([C@H]1F)N2C(=O)OC(C)(C)C. The van der Waals surface area contributed by atoms with Crippen LogP contribution in [0.1, 0.15) is 46.5 Å². The highest BCUT2D eigenvalue weighted by Crippen LogP contribution is 2.39. The van der Waals surface area contributed by atoms with Gasteiger partial charge in [-0.1, -0.05) is 0 Å². The third-order valence-corrected chi connectivity index (χ3v) is 7.06. The number of anilines is 1. The summed E-state index contributed by atoms with van der Waals surface area (Å²) in [4.78, 5) is 17.7. The molecule has 5 rings (SSSR count). The number of hydrogen-bond acceptors (Lipinski definition) is 8. The fourth-order valence-corrected chi connectivity index (χ4v) is 5.33. The standard InChI is InChI=1S/C26H32FN7O3/c1-26(2,3)37-25(36)33-16-6-5-7-20(33)24(27)21(14-16)32(4)23-11-10-19(30-31-23)18-9-8-17(15-22(18)35)34-28-12-13-29-34/h8-13,15-16,20-21,24,35H,5-7,14H2,1-4H3/t16-,20+,21-,24+/m0/s1. The van der Waals surface area contributed by atoms with Crippen molar-refractivity contribution in [1.82, 2.24) is 30.1 Å². The molecule has 37 heavy (non-hydrogen) atoms. The average molecular weight is 510 g/mol. The smallest absolute Gasteiger partial charge is 0.410 e. The van der Waals surface area contributed by atoms with Gasteiger partial charge in [0, 0.05) is 24.7 Å². The van der Waals surface area contributed by atoms with E-state index in [2.05, 4.69) is 20.4 Å². The van der Waals surface area contributed by atoms with Crippen LogP contribution < -0.4 is 4.90 Å². The Hall–Kier alpha value is -3.76. The Bertz CT molecular complexity index is 1250. The molecular formula is C26H32FN7O3. The van der Waals surface area contributed by atoms with Crippen molar-refractivity contribution in [2.75, 3.05) is 11.9 Å². The lowest BCUT2D eigenvalue weighted by Gasteiger charge is -2.52. The first-order valence-electron chi connectivity index (χ1n) is 12.5. The van der Waals surface area contributed by atoms with Gasteiger partial charge in [0.15, 0.2) is 5.82 Å². The fourth-order valence-electron chi connectivity index (χ4n) is 5.33. The Morgan fingerprint density at radius 1 is 1.14 bits per heavy atom. The van der Waals surface area contributed by atoms with Gasteiger partial charge in [-0.3, -0.25) is 4.90 Å². The minimum absolute atomic E-state index is 0.0244. The molecule has 2 fully saturated rings. The molecule has 2 aliphatic heterocycles. The molecule has 2 bridgehead atoms.